The second-order valence-corrected chi connectivity index (χ2v) is 2.73. The lowest BCUT2D eigenvalue weighted by Gasteiger charge is -2.07. The molecule has 0 bridgehead atoms. The van der Waals surface area contributed by atoms with Crippen molar-refractivity contribution in [2.24, 2.45) is 0 Å². The highest BCUT2D eigenvalue weighted by atomic mass is 19.3. The molecule has 0 aliphatic heterocycles. The average Bonchev–Trinajstić information content (AvgIpc) is 2.70. The molecule has 0 atom stereocenters. The molecule has 2 aromatic rings. The van der Waals surface area contributed by atoms with Crippen LogP contribution in [0.2, 0.25) is 0 Å². The number of rotatable bonds is 3. The van der Waals surface area contributed by atoms with Gasteiger partial charge in [0.05, 0.1) is 0 Å². The number of aromatic amines is 1. The fourth-order valence-electron chi connectivity index (χ4n) is 1.20. The lowest BCUT2D eigenvalue weighted by atomic mass is 10.1. The molecule has 0 aliphatic carbocycles. The Morgan fingerprint density at radius 3 is 2.73 bits per heavy atom. The molecule has 7 heteroatoms. The van der Waals surface area contributed by atoms with E-state index < -0.39 is 6.55 Å². The number of H-pyrrole nitrogens is 1. The summed E-state index contributed by atoms with van der Waals surface area (Å²) in [6.45, 7) is -2.63. The maximum Gasteiger partial charge on any atom is 0.312 e. The molecule has 0 amide bonds. The molecule has 1 aromatic carbocycles. The van der Waals surface area contributed by atoms with Crippen molar-refractivity contribution in [3.05, 3.63) is 24.3 Å². The minimum Gasteiger partial charge on any atom is -0.329 e. The van der Waals surface area contributed by atoms with E-state index in [4.69, 9.17) is 0 Å². The molecule has 0 spiro atoms. The SMILES string of the molecule is FC(F)Nc1ccccc1-c1nn[nH]n1. The van der Waals surface area contributed by atoms with Gasteiger partial charge in [-0.1, -0.05) is 12.1 Å². The summed E-state index contributed by atoms with van der Waals surface area (Å²) in [7, 11) is 0. The number of alkyl halides is 2. The van der Waals surface area contributed by atoms with Crippen molar-refractivity contribution in [2.75, 3.05) is 5.32 Å². The minimum absolute atomic E-state index is 0.272. The van der Waals surface area contributed by atoms with Crippen molar-refractivity contribution in [3.8, 4) is 11.4 Å². The van der Waals surface area contributed by atoms with Crippen LogP contribution in [-0.4, -0.2) is 27.2 Å². The van der Waals surface area contributed by atoms with Crippen molar-refractivity contribution < 1.29 is 8.78 Å². The number of aromatic nitrogens is 4. The monoisotopic (exact) mass is 211 g/mol. The van der Waals surface area contributed by atoms with Crippen LogP contribution in [-0.2, 0) is 0 Å². The van der Waals surface area contributed by atoms with Crippen LogP contribution in [0.1, 0.15) is 0 Å². The zero-order valence-corrected chi connectivity index (χ0v) is 7.48. The molecule has 15 heavy (non-hydrogen) atoms. The number of para-hydroxylation sites is 1. The smallest absolute Gasteiger partial charge is 0.312 e. The molecule has 2 N–H and O–H groups in total. The predicted molar refractivity (Wildman–Crippen MR) is 49.2 cm³/mol. The fourth-order valence-corrected chi connectivity index (χ4v) is 1.20. The molecule has 0 saturated carbocycles. The van der Waals surface area contributed by atoms with Gasteiger partial charge in [0.2, 0.25) is 5.82 Å². The van der Waals surface area contributed by atoms with Gasteiger partial charge in [-0.3, -0.25) is 0 Å². The van der Waals surface area contributed by atoms with Crippen molar-refractivity contribution >= 4 is 5.69 Å². The molecule has 2 rings (SSSR count). The third-order valence-corrected chi connectivity index (χ3v) is 1.78. The van der Waals surface area contributed by atoms with Gasteiger partial charge in [-0.25, -0.2) is 0 Å². The Morgan fingerprint density at radius 2 is 2.07 bits per heavy atom. The summed E-state index contributed by atoms with van der Waals surface area (Å²) in [5, 5.41) is 15.1. The van der Waals surface area contributed by atoms with Gasteiger partial charge in [-0.05, 0) is 17.3 Å². The number of anilines is 1. The van der Waals surface area contributed by atoms with E-state index in [2.05, 4.69) is 20.6 Å². The van der Waals surface area contributed by atoms with Crippen molar-refractivity contribution in [1.29, 1.82) is 0 Å². The van der Waals surface area contributed by atoms with E-state index in [0.717, 1.165) is 0 Å². The molecule has 0 saturated heterocycles. The summed E-state index contributed by atoms with van der Waals surface area (Å²) in [5.41, 5.74) is 0.750. The Hall–Kier alpha value is -2.05. The highest BCUT2D eigenvalue weighted by Gasteiger charge is 2.10. The number of hydrogen-bond donors (Lipinski definition) is 2. The number of nitrogens with one attached hydrogen (secondary N) is 2. The Bertz CT molecular complexity index is 428. The molecule has 0 unspecified atom stereocenters. The first kappa shape index (κ1) is 9.50. The Balaban J connectivity index is 2.38. The zero-order valence-electron chi connectivity index (χ0n) is 7.48. The average molecular weight is 211 g/mol. The molecule has 0 aliphatic rings. The molecule has 1 aromatic heterocycles. The van der Waals surface area contributed by atoms with E-state index in [1.54, 1.807) is 18.2 Å². The van der Waals surface area contributed by atoms with Crippen LogP contribution in [0.25, 0.3) is 11.4 Å². The minimum atomic E-state index is -2.63. The highest BCUT2D eigenvalue weighted by Crippen LogP contribution is 2.24. The van der Waals surface area contributed by atoms with Gasteiger partial charge in [0, 0.05) is 11.3 Å². The molecule has 0 fully saturated rings. The number of nitrogens with zero attached hydrogens (tertiary/aromatic N) is 3. The summed E-state index contributed by atoms with van der Waals surface area (Å²) >= 11 is 0. The molecular formula is C8H7F2N5. The van der Waals surface area contributed by atoms with E-state index in [9.17, 15) is 8.78 Å². The van der Waals surface area contributed by atoms with Gasteiger partial charge in [0.1, 0.15) is 0 Å². The van der Waals surface area contributed by atoms with E-state index in [-0.39, 0.29) is 11.5 Å². The van der Waals surface area contributed by atoms with E-state index in [0.29, 0.717) is 5.56 Å². The van der Waals surface area contributed by atoms with Gasteiger partial charge in [0.25, 0.3) is 0 Å². The predicted octanol–water partition coefficient (Wildman–Crippen LogP) is 1.50. The summed E-state index contributed by atoms with van der Waals surface area (Å²) in [4.78, 5) is 0. The van der Waals surface area contributed by atoms with Gasteiger partial charge in [-0.15, -0.1) is 10.2 Å². The maximum absolute atomic E-state index is 12.2. The van der Waals surface area contributed by atoms with Crippen LogP contribution in [0.4, 0.5) is 14.5 Å². The summed E-state index contributed by atoms with van der Waals surface area (Å²) in [6.07, 6.45) is 0. The lowest BCUT2D eigenvalue weighted by Crippen LogP contribution is -2.07. The number of hydrogen-bond acceptors (Lipinski definition) is 4. The van der Waals surface area contributed by atoms with Gasteiger partial charge in [0.15, 0.2) is 0 Å². The second-order valence-electron chi connectivity index (χ2n) is 2.73. The Labute approximate surface area is 83.5 Å². The van der Waals surface area contributed by atoms with Crippen molar-refractivity contribution in [3.63, 3.8) is 0 Å². The van der Waals surface area contributed by atoms with E-state index >= 15 is 0 Å². The van der Waals surface area contributed by atoms with Crippen LogP contribution in [0, 0.1) is 0 Å². The van der Waals surface area contributed by atoms with Crippen LogP contribution in [0.5, 0.6) is 0 Å². The third-order valence-electron chi connectivity index (χ3n) is 1.78. The van der Waals surface area contributed by atoms with Gasteiger partial charge >= 0.3 is 6.55 Å². The number of halogens is 2. The Kier molecular flexibility index (Phi) is 2.53. The normalized spacial score (nSPS) is 10.6. The number of benzene rings is 1. The number of tetrazole rings is 1. The quantitative estimate of drug-likeness (QED) is 0.755. The van der Waals surface area contributed by atoms with Crippen LogP contribution < -0.4 is 5.32 Å². The second kappa shape index (κ2) is 3.99. The standard InChI is InChI=1S/C8H7F2N5/c9-8(10)11-6-4-2-1-3-5(6)7-12-14-15-13-7/h1-4,8,11H,(H,12,13,14,15). The van der Waals surface area contributed by atoms with Crippen LogP contribution >= 0.6 is 0 Å². The fraction of sp³-hybridized carbons (Fsp3) is 0.125. The van der Waals surface area contributed by atoms with Crippen LogP contribution in [0.15, 0.2) is 24.3 Å². The van der Waals surface area contributed by atoms with Crippen molar-refractivity contribution in [1.82, 2.24) is 20.6 Å². The first-order chi connectivity index (χ1) is 7.27. The summed E-state index contributed by atoms with van der Waals surface area (Å²) in [6, 6.07) is 6.52. The maximum atomic E-state index is 12.2. The molecular weight excluding hydrogens is 204 g/mol. The molecule has 0 radical (unpaired) electrons. The van der Waals surface area contributed by atoms with Crippen LogP contribution in [0.3, 0.4) is 0 Å². The Morgan fingerprint density at radius 1 is 1.27 bits per heavy atom. The molecule has 5 nitrogen and oxygen atoms in total. The summed E-state index contributed by atoms with van der Waals surface area (Å²) < 4.78 is 24.3. The first-order valence-corrected chi connectivity index (χ1v) is 4.15. The molecule has 78 valence electrons. The van der Waals surface area contributed by atoms with Crippen molar-refractivity contribution in [2.45, 2.75) is 6.55 Å². The first-order valence-electron chi connectivity index (χ1n) is 4.15. The molecule has 1 heterocycles. The third kappa shape index (κ3) is 2.06. The van der Waals surface area contributed by atoms with Gasteiger partial charge in [-0.2, -0.15) is 14.0 Å². The highest BCUT2D eigenvalue weighted by molar-refractivity contribution is 5.72. The van der Waals surface area contributed by atoms with E-state index in [1.165, 1.54) is 6.07 Å². The zero-order chi connectivity index (χ0) is 10.7. The lowest BCUT2D eigenvalue weighted by molar-refractivity contribution is 0.181. The largest absolute Gasteiger partial charge is 0.329 e. The topological polar surface area (TPSA) is 66.5 Å². The van der Waals surface area contributed by atoms with Gasteiger partial charge < -0.3 is 5.32 Å². The summed E-state index contributed by atoms with van der Waals surface area (Å²) in [5.74, 6) is 0.277. The van der Waals surface area contributed by atoms with E-state index in [1.807, 2.05) is 5.32 Å².